The smallest absolute Gasteiger partial charge is 0.252 e. The molecule has 0 radical (unpaired) electrons. The third kappa shape index (κ3) is 4.55. The highest BCUT2D eigenvalue weighted by molar-refractivity contribution is 7.91. The molecule has 1 amide bonds. The molecule has 0 bridgehead atoms. The van der Waals surface area contributed by atoms with Gasteiger partial charge in [0.05, 0.1) is 6.54 Å². The molecule has 1 aromatic rings. The van der Waals surface area contributed by atoms with Gasteiger partial charge in [-0.2, -0.15) is 4.31 Å². The minimum atomic E-state index is -3.62. The maximum absolute atomic E-state index is 12.1. The molecule has 0 saturated carbocycles. The van der Waals surface area contributed by atoms with Crippen LogP contribution in [0.5, 0.6) is 0 Å². The molecule has 1 heterocycles. The normalized spacial score (nSPS) is 12.7. The lowest BCUT2D eigenvalue weighted by Gasteiger charge is -2.26. The van der Waals surface area contributed by atoms with Crippen molar-refractivity contribution in [1.82, 2.24) is 9.62 Å². The van der Waals surface area contributed by atoms with E-state index in [-0.39, 0.29) is 17.4 Å². The van der Waals surface area contributed by atoms with Gasteiger partial charge in [0.1, 0.15) is 4.21 Å². The summed E-state index contributed by atoms with van der Waals surface area (Å²) in [5, 5.41) is 13.3. The van der Waals surface area contributed by atoms with Crippen molar-refractivity contribution >= 4 is 27.3 Å². The summed E-state index contributed by atoms with van der Waals surface area (Å²) < 4.78 is 25.5. The Morgan fingerprint density at radius 1 is 1.50 bits per heavy atom. The van der Waals surface area contributed by atoms with E-state index in [2.05, 4.69) is 5.32 Å². The monoisotopic (exact) mass is 320 g/mol. The molecule has 1 aromatic heterocycles. The first-order chi connectivity index (χ1) is 9.19. The van der Waals surface area contributed by atoms with Crippen molar-refractivity contribution in [2.45, 2.75) is 30.0 Å². The minimum absolute atomic E-state index is 0.0450. The minimum Gasteiger partial charge on any atom is -0.396 e. The topological polar surface area (TPSA) is 86.7 Å². The van der Waals surface area contributed by atoms with E-state index in [4.69, 9.17) is 5.11 Å². The third-order valence-corrected chi connectivity index (χ3v) is 5.92. The second-order valence-electron chi connectivity index (χ2n) is 5.10. The average molecular weight is 320 g/mol. The molecule has 0 aliphatic rings. The fourth-order valence-electron chi connectivity index (χ4n) is 1.61. The molecule has 0 saturated heterocycles. The largest absolute Gasteiger partial charge is 0.396 e. The first kappa shape index (κ1) is 17.1. The fraction of sp³-hybridized carbons (Fsp3) is 0.583. The lowest BCUT2D eigenvalue weighted by Crippen LogP contribution is -2.48. The van der Waals surface area contributed by atoms with Crippen LogP contribution in [-0.2, 0) is 14.8 Å². The zero-order chi connectivity index (χ0) is 15.4. The summed E-state index contributed by atoms with van der Waals surface area (Å²) in [6, 6.07) is 3.15. The molecule has 0 atom stereocenters. The van der Waals surface area contributed by atoms with Crippen molar-refractivity contribution in [2.75, 3.05) is 20.2 Å². The number of rotatable bonds is 7. The molecule has 0 aliphatic heterocycles. The molecule has 0 fully saturated rings. The van der Waals surface area contributed by atoms with E-state index in [0.717, 1.165) is 15.6 Å². The van der Waals surface area contributed by atoms with E-state index in [1.165, 1.54) is 13.1 Å². The number of carbonyl (C=O) groups excluding carboxylic acids is 1. The number of hydrogen-bond donors (Lipinski definition) is 2. The van der Waals surface area contributed by atoms with Gasteiger partial charge in [-0.3, -0.25) is 4.79 Å². The van der Waals surface area contributed by atoms with Crippen molar-refractivity contribution in [3.8, 4) is 0 Å². The van der Waals surface area contributed by atoms with E-state index in [1.54, 1.807) is 25.3 Å². The first-order valence-corrected chi connectivity index (χ1v) is 8.43. The zero-order valence-corrected chi connectivity index (χ0v) is 13.4. The molecule has 0 spiro atoms. The van der Waals surface area contributed by atoms with Gasteiger partial charge in [0.25, 0.3) is 10.0 Å². The molecule has 6 nitrogen and oxygen atoms in total. The van der Waals surface area contributed by atoms with Gasteiger partial charge in [-0.25, -0.2) is 8.42 Å². The standard InChI is InChI=1S/C12H20N2O4S2/c1-12(2,6-7-15)13-10(16)9-14(3)20(17,18)11-5-4-8-19-11/h4-5,8,15H,6-7,9H2,1-3H3,(H,13,16). The third-order valence-electron chi connectivity index (χ3n) is 2.74. The summed E-state index contributed by atoms with van der Waals surface area (Å²) in [5.74, 6) is -0.397. The quantitative estimate of drug-likeness (QED) is 0.772. The number of hydrogen-bond acceptors (Lipinski definition) is 5. The molecule has 20 heavy (non-hydrogen) atoms. The Kier molecular flexibility index (Phi) is 5.69. The number of amides is 1. The number of aliphatic hydroxyl groups excluding tert-OH is 1. The number of nitrogens with zero attached hydrogens (tertiary/aromatic N) is 1. The second-order valence-corrected chi connectivity index (χ2v) is 8.32. The van der Waals surface area contributed by atoms with Crippen molar-refractivity contribution in [3.63, 3.8) is 0 Å². The number of likely N-dealkylation sites (N-methyl/N-ethyl adjacent to an activating group) is 1. The van der Waals surface area contributed by atoms with Gasteiger partial charge in [0.2, 0.25) is 5.91 Å². The molecule has 0 aliphatic carbocycles. The van der Waals surface area contributed by atoms with Crippen LogP contribution in [0.15, 0.2) is 21.7 Å². The summed E-state index contributed by atoms with van der Waals surface area (Å²) in [6.07, 6.45) is 0.403. The summed E-state index contributed by atoms with van der Waals surface area (Å²) >= 11 is 1.11. The Morgan fingerprint density at radius 3 is 2.65 bits per heavy atom. The van der Waals surface area contributed by atoms with Crippen molar-refractivity contribution in [1.29, 1.82) is 0 Å². The Balaban J connectivity index is 2.67. The van der Waals surface area contributed by atoms with Crippen molar-refractivity contribution in [3.05, 3.63) is 17.5 Å². The SMILES string of the molecule is CN(CC(=O)NC(C)(C)CCO)S(=O)(=O)c1cccs1. The van der Waals surface area contributed by atoms with Crippen LogP contribution in [0.2, 0.25) is 0 Å². The molecule has 2 N–H and O–H groups in total. The Hall–Kier alpha value is -0.960. The molecular formula is C12H20N2O4S2. The molecule has 114 valence electrons. The van der Waals surface area contributed by atoms with Gasteiger partial charge < -0.3 is 10.4 Å². The van der Waals surface area contributed by atoms with Crippen molar-refractivity contribution in [2.24, 2.45) is 0 Å². The van der Waals surface area contributed by atoms with Gasteiger partial charge in [-0.05, 0) is 31.7 Å². The molecule has 0 unspecified atom stereocenters. The summed E-state index contributed by atoms with van der Waals surface area (Å²) in [7, 11) is -2.25. The van der Waals surface area contributed by atoms with Crippen LogP contribution >= 0.6 is 11.3 Å². The number of carbonyl (C=O) groups is 1. The highest BCUT2D eigenvalue weighted by Crippen LogP contribution is 2.19. The lowest BCUT2D eigenvalue weighted by molar-refractivity contribution is -0.122. The van der Waals surface area contributed by atoms with Gasteiger partial charge in [0.15, 0.2) is 0 Å². The number of aliphatic hydroxyl groups is 1. The second kappa shape index (κ2) is 6.66. The van der Waals surface area contributed by atoms with E-state index in [1.807, 2.05) is 0 Å². The lowest BCUT2D eigenvalue weighted by atomic mass is 10.0. The van der Waals surface area contributed by atoms with Crippen LogP contribution in [0.25, 0.3) is 0 Å². The van der Waals surface area contributed by atoms with Gasteiger partial charge in [-0.1, -0.05) is 6.07 Å². The van der Waals surface area contributed by atoms with Crippen molar-refractivity contribution < 1.29 is 18.3 Å². The summed E-state index contributed by atoms with van der Waals surface area (Å²) in [5.41, 5.74) is -0.570. The van der Waals surface area contributed by atoms with E-state index >= 15 is 0 Å². The van der Waals surface area contributed by atoms with Gasteiger partial charge >= 0.3 is 0 Å². The Labute approximate surface area is 123 Å². The average Bonchev–Trinajstić information content (AvgIpc) is 2.81. The Morgan fingerprint density at radius 2 is 2.15 bits per heavy atom. The first-order valence-electron chi connectivity index (χ1n) is 6.11. The van der Waals surface area contributed by atoms with Crippen LogP contribution in [0.3, 0.4) is 0 Å². The summed E-state index contributed by atoms with van der Waals surface area (Å²) in [4.78, 5) is 11.9. The number of nitrogens with one attached hydrogen (secondary N) is 1. The van der Waals surface area contributed by atoms with Crippen LogP contribution in [0.4, 0.5) is 0 Å². The van der Waals surface area contributed by atoms with Crippen LogP contribution in [0, 0.1) is 0 Å². The molecule has 1 rings (SSSR count). The highest BCUT2D eigenvalue weighted by atomic mass is 32.2. The number of thiophene rings is 1. The van der Waals surface area contributed by atoms with Crippen LogP contribution < -0.4 is 5.32 Å². The molecular weight excluding hydrogens is 300 g/mol. The predicted molar refractivity (Wildman–Crippen MR) is 78.1 cm³/mol. The van der Waals surface area contributed by atoms with Gasteiger partial charge in [-0.15, -0.1) is 11.3 Å². The van der Waals surface area contributed by atoms with Crippen LogP contribution in [-0.4, -0.2) is 49.5 Å². The summed E-state index contributed by atoms with van der Waals surface area (Å²) in [6.45, 7) is 3.25. The number of sulfonamides is 1. The van der Waals surface area contributed by atoms with E-state index in [0.29, 0.717) is 6.42 Å². The van der Waals surface area contributed by atoms with Crippen LogP contribution in [0.1, 0.15) is 20.3 Å². The van der Waals surface area contributed by atoms with E-state index in [9.17, 15) is 13.2 Å². The predicted octanol–water partition coefficient (Wildman–Crippen LogP) is 0.646. The molecule has 8 heteroatoms. The highest BCUT2D eigenvalue weighted by Gasteiger charge is 2.26. The maximum Gasteiger partial charge on any atom is 0.252 e. The zero-order valence-electron chi connectivity index (χ0n) is 11.8. The maximum atomic E-state index is 12.1. The Bertz CT molecular complexity index is 538. The van der Waals surface area contributed by atoms with E-state index < -0.39 is 21.5 Å². The fourth-order valence-corrected chi connectivity index (χ4v) is 3.94. The molecule has 0 aromatic carbocycles. The van der Waals surface area contributed by atoms with Gasteiger partial charge in [0, 0.05) is 19.2 Å².